The molecule has 1 saturated heterocycles. The minimum atomic E-state index is -0.127. The Balaban J connectivity index is 1.73. The maximum atomic E-state index is 12.3. The number of hydrogen-bond donors (Lipinski definition) is 1. The van der Waals surface area contributed by atoms with Gasteiger partial charge >= 0.3 is 0 Å². The zero-order chi connectivity index (χ0) is 19.7. The lowest BCUT2D eigenvalue weighted by molar-refractivity contribution is -0.121. The fraction of sp³-hybridized carbons (Fsp3) is 0.619. The number of carbonyl (C=O) groups is 2. The molecule has 150 valence electrons. The first-order valence-electron chi connectivity index (χ1n) is 9.78. The SMILES string of the molecule is CCCOc1ccc(C(=O)CCC(=O)NCC(C)(C)N2CCOCC2)cc1. The first-order chi connectivity index (χ1) is 12.9. The second kappa shape index (κ2) is 10.4. The van der Waals surface area contributed by atoms with E-state index in [0.29, 0.717) is 18.7 Å². The van der Waals surface area contributed by atoms with Gasteiger partial charge < -0.3 is 14.8 Å². The topological polar surface area (TPSA) is 67.9 Å². The summed E-state index contributed by atoms with van der Waals surface area (Å²) >= 11 is 0. The standard InChI is InChI=1S/C21H32N2O4/c1-4-13-27-18-7-5-17(6-8-18)19(24)9-10-20(25)22-16-21(2,3)23-11-14-26-15-12-23/h5-8H,4,9-16H2,1-3H3,(H,22,25). The van der Waals surface area contributed by atoms with Crippen LogP contribution in [0.1, 0.15) is 50.4 Å². The van der Waals surface area contributed by atoms with E-state index in [4.69, 9.17) is 9.47 Å². The van der Waals surface area contributed by atoms with Crippen LogP contribution in [0, 0.1) is 0 Å². The Morgan fingerprint density at radius 2 is 1.81 bits per heavy atom. The van der Waals surface area contributed by atoms with Crippen molar-refractivity contribution in [2.75, 3.05) is 39.5 Å². The van der Waals surface area contributed by atoms with Crippen molar-refractivity contribution >= 4 is 11.7 Å². The number of carbonyl (C=O) groups excluding carboxylic acids is 2. The number of benzene rings is 1. The molecule has 0 radical (unpaired) electrons. The molecular formula is C21H32N2O4. The fourth-order valence-electron chi connectivity index (χ4n) is 3.01. The van der Waals surface area contributed by atoms with Crippen LogP contribution in [0.4, 0.5) is 0 Å². The summed E-state index contributed by atoms with van der Waals surface area (Å²) in [6.07, 6.45) is 1.35. The van der Waals surface area contributed by atoms with Crippen molar-refractivity contribution in [3.63, 3.8) is 0 Å². The highest BCUT2D eigenvalue weighted by atomic mass is 16.5. The molecule has 1 aliphatic heterocycles. The normalized spacial score (nSPS) is 15.4. The third-order valence-corrected chi connectivity index (χ3v) is 4.81. The number of amides is 1. The summed E-state index contributed by atoms with van der Waals surface area (Å²) in [4.78, 5) is 26.8. The number of hydrogen-bond acceptors (Lipinski definition) is 5. The Bertz CT molecular complexity index is 607. The molecular weight excluding hydrogens is 344 g/mol. The van der Waals surface area contributed by atoms with Crippen molar-refractivity contribution < 1.29 is 19.1 Å². The summed E-state index contributed by atoms with van der Waals surface area (Å²) in [7, 11) is 0. The average Bonchev–Trinajstić information content (AvgIpc) is 2.70. The Morgan fingerprint density at radius 1 is 1.15 bits per heavy atom. The van der Waals surface area contributed by atoms with E-state index in [1.165, 1.54) is 0 Å². The van der Waals surface area contributed by atoms with Crippen LogP contribution in [0.2, 0.25) is 0 Å². The zero-order valence-electron chi connectivity index (χ0n) is 16.8. The summed E-state index contributed by atoms with van der Waals surface area (Å²) in [5.41, 5.74) is 0.484. The minimum absolute atomic E-state index is 0.0281. The van der Waals surface area contributed by atoms with Gasteiger partial charge in [-0.15, -0.1) is 0 Å². The molecule has 0 saturated carbocycles. The van der Waals surface area contributed by atoms with Gasteiger partial charge in [0.1, 0.15) is 5.75 Å². The van der Waals surface area contributed by atoms with Crippen LogP contribution in [-0.2, 0) is 9.53 Å². The van der Waals surface area contributed by atoms with Crippen molar-refractivity contribution in [3.8, 4) is 5.75 Å². The van der Waals surface area contributed by atoms with Gasteiger partial charge in [0.2, 0.25) is 5.91 Å². The zero-order valence-corrected chi connectivity index (χ0v) is 16.8. The first kappa shape index (κ1) is 21.4. The predicted molar refractivity (Wildman–Crippen MR) is 105 cm³/mol. The highest BCUT2D eigenvalue weighted by Gasteiger charge is 2.28. The van der Waals surface area contributed by atoms with Crippen molar-refractivity contribution in [2.45, 2.75) is 45.6 Å². The number of rotatable bonds is 10. The number of Topliss-reactive ketones (excluding diaryl/α,β-unsaturated/α-hetero) is 1. The second-order valence-corrected chi connectivity index (χ2v) is 7.48. The lowest BCUT2D eigenvalue weighted by atomic mass is 10.0. The van der Waals surface area contributed by atoms with E-state index in [9.17, 15) is 9.59 Å². The smallest absolute Gasteiger partial charge is 0.220 e. The Morgan fingerprint density at radius 3 is 2.44 bits per heavy atom. The van der Waals surface area contributed by atoms with E-state index in [0.717, 1.165) is 38.5 Å². The molecule has 2 rings (SSSR count). The van der Waals surface area contributed by atoms with E-state index in [-0.39, 0.29) is 30.1 Å². The average molecular weight is 376 g/mol. The van der Waals surface area contributed by atoms with Crippen LogP contribution >= 0.6 is 0 Å². The van der Waals surface area contributed by atoms with Crippen LogP contribution in [-0.4, -0.2) is 61.6 Å². The molecule has 1 aromatic carbocycles. The number of nitrogens with one attached hydrogen (secondary N) is 1. The van der Waals surface area contributed by atoms with Gasteiger partial charge in [0.25, 0.3) is 0 Å². The highest BCUT2D eigenvalue weighted by Crippen LogP contribution is 2.16. The molecule has 0 aliphatic carbocycles. The lowest BCUT2D eigenvalue weighted by Crippen LogP contribution is -2.55. The molecule has 0 unspecified atom stereocenters. The number of nitrogens with zero attached hydrogens (tertiary/aromatic N) is 1. The quantitative estimate of drug-likeness (QED) is 0.636. The number of morpholine rings is 1. The third-order valence-electron chi connectivity index (χ3n) is 4.81. The van der Waals surface area contributed by atoms with E-state index >= 15 is 0 Å². The van der Waals surface area contributed by atoms with Crippen molar-refractivity contribution in [1.82, 2.24) is 10.2 Å². The van der Waals surface area contributed by atoms with Crippen molar-refractivity contribution in [1.29, 1.82) is 0 Å². The van der Waals surface area contributed by atoms with Crippen LogP contribution in [0.3, 0.4) is 0 Å². The van der Waals surface area contributed by atoms with Gasteiger partial charge in [0.05, 0.1) is 19.8 Å². The molecule has 0 spiro atoms. The molecule has 0 aromatic heterocycles. The van der Waals surface area contributed by atoms with E-state index in [2.05, 4.69) is 24.1 Å². The van der Waals surface area contributed by atoms with E-state index in [1.54, 1.807) is 24.3 Å². The van der Waals surface area contributed by atoms with Crippen LogP contribution in [0.5, 0.6) is 5.75 Å². The van der Waals surface area contributed by atoms with E-state index < -0.39 is 0 Å². The fourth-order valence-corrected chi connectivity index (χ4v) is 3.01. The molecule has 6 nitrogen and oxygen atoms in total. The summed E-state index contributed by atoms with van der Waals surface area (Å²) < 4.78 is 10.9. The predicted octanol–water partition coefficient (Wildman–Crippen LogP) is 2.67. The first-order valence-corrected chi connectivity index (χ1v) is 9.78. The lowest BCUT2D eigenvalue weighted by Gasteiger charge is -2.40. The van der Waals surface area contributed by atoms with Crippen LogP contribution < -0.4 is 10.1 Å². The highest BCUT2D eigenvalue weighted by molar-refractivity contribution is 5.98. The van der Waals surface area contributed by atoms with Gasteiger partial charge in [0, 0.05) is 43.6 Å². The monoisotopic (exact) mass is 376 g/mol. The summed E-state index contributed by atoms with van der Waals surface area (Å²) in [5, 5.41) is 2.97. The second-order valence-electron chi connectivity index (χ2n) is 7.48. The third kappa shape index (κ3) is 6.96. The Kier molecular flexibility index (Phi) is 8.25. The number of ether oxygens (including phenoxy) is 2. The summed E-state index contributed by atoms with van der Waals surface area (Å²) in [6.45, 7) is 10.7. The molecule has 6 heteroatoms. The molecule has 1 aromatic rings. The van der Waals surface area contributed by atoms with Gasteiger partial charge in [-0.1, -0.05) is 6.92 Å². The van der Waals surface area contributed by atoms with Crippen molar-refractivity contribution in [2.24, 2.45) is 0 Å². The maximum Gasteiger partial charge on any atom is 0.220 e. The van der Waals surface area contributed by atoms with Gasteiger partial charge in [-0.3, -0.25) is 14.5 Å². The molecule has 0 bridgehead atoms. The molecule has 0 atom stereocenters. The molecule has 1 fully saturated rings. The Labute approximate surface area is 162 Å². The van der Waals surface area contributed by atoms with Gasteiger partial charge in [-0.25, -0.2) is 0 Å². The molecule has 27 heavy (non-hydrogen) atoms. The molecule has 1 heterocycles. The van der Waals surface area contributed by atoms with Crippen LogP contribution in [0.15, 0.2) is 24.3 Å². The Hall–Kier alpha value is -1.92. The molecule has 1 aliphatic rings. The molecule has 1 amide bonds. The van der Waals surface area contributed by atoms with Gasteiger partial charge in [-0.2, -0.15) is 0 Å². The summed E-state index contributed by atoms with van der Waals surface area (Å²) in [6, 6.07) is 7.11. The molecule has 1 N–H and O–H groups in total. The maximum absolute atomic E-state index is 12.3. The van der Waals surface area contributed by atoms with Crippen LogP contribution in [0.25, 0.3) is 0 Å². The minimum Gasteiger partial charge on any atom is -0.494 e. The largest absolute Gasteiger partial charge is 0.494 e. The van der Waals surface area contributed by atoms with Gasteiger partial charge in [0.15, 0.2) is 5.78 Å². The number of ketones is 1. The van der Waals surface area contributed by atoms with Gasteiger partial charge in [-0.05, 0) is 44.5 Å². The van der Waals surface area contributed by atoms with Crippen molar-refractivity contribution in [3.05, 3.63) is 29.8 Å². The van der Waals surface area contributed by atoms with E-state index in [1.807, 2.05) is 6.92 Å². The summed E-state index contributed by atoms with van der Waals surface area (Å²) in [5.74, 6) is 0.642.